The van der Waals surface area contributed by atoms with Gasteiger partial charge in [-0.25, -0.2) is 0 Å². The van der Waals surface area contributed by atoms with E-state index >= 15 is 0 Å². The number of phenolic OH excluding ortho intramolecular Hbond substituents is 1. The van der Waals surface area contributed by atoms with Gasteiger partial charge in [0.25, 0.3) is 0 Å². The van der Waals surface area contributed by atoms with Gasteiger partial charge in [-0.3, -0.25) is 0 Å². The van der Waals surface area contributed by atoms with Crippen molar-refractivity contribution in [3.05, 3.63) is 58.2 Å². The third-order valence-electron chi connectivity index (χ3n) is 4.97. The lowest BCUT2D eigenvalue weighted by atomic mass is 9.93. The van der Waals surface area contributed by atoms with Gasteiger partial charge in [-0.05, 0) is 79.5 Å². The first-order valence-electron chi connectivity index (χ1n) is 9.45. The maximum Gasteiger partial charge on any atom is 0.121 e. The highest BCUT2D eigenvalue weighted by atomic mass is 16.5. The lowest BCUT2D eigenvalue weighted by Gasteiger charge is -2.17. The zero-order chi connectivity index (χ0) is 18.4. The smallest absolute Gasteiger partial charge is 0.121 e. The van der Waals surface area contributed by atoms with Gasteiger partial charge in [-0.2, -0.15) is 0 Å². The van der Waals surface area contributed by atoms with Crippen LogP contribution in [0, 0.1) is 13.8 Å². The molecule has 1 aliphatic rings. The van der Waals surface area contributed by atoms with Crippen LogP contribution in [-0.2, 0) is 4.74 Å². The Morgan fingerprint density at radius 1 is 1.24 bits per heavy atom. The predicted molar refractivity (Wildman–Crippen MR) is 107 cm³/mol. The van der Waals surface area contributed by atoms with Crippen molar-refractivity contribution < 1.29 is 9.84 Å². The SMILES string of the molecule is C=C(CCC)C1=CCOC1CC/C(=C/c1cc(C)c(O)c(C)c1)CC. The Hall–Kier alpha value is -1.80. The molecule has 1 aliphatic heterocycles. The minimum absolute atomic E-state index is 0.192. The lowest BCUT2D eigenvalue weighted by Crippen LogP contribution is -2.11. The summed E-state index contributed by atoms with van der Waals surface area (Å²) in [5.74, 6) is 0.402. The molecule has 0 saturated heterocycles. The molecule has 1 unspecified atom stereocenters. The van der Waals surface area contributed by atoms with Crippen molar-refractivity contribution in [2.24, 2.45) is 0 Å². The fourth-order valence-corrected chi connectivity index (χ4v) is 3.51. The normalized spacial score (nSPS) is 17.7. The predicted octanol–water partition coefficient (Wildman–Crippen LogP) is 6.26. The van der Waals surface area contributed by atoms with E-state index in [4.69, 9.17) is 4.74 Å². The summed E-state index contributed by atoms with van der Waals surface area (Å²) in [4.78, 5) is 0. The molecule has 0 bridgehead atoms. The summed E-state index contributed by atoms with van der Waals surface area (Å²) in [6.07, 6.45) is 9.89. The molecule has 0 aromatic heterocycles. The van der Waals surface area contributed by atoms with E-state index in [-0.39, 0.29) is 6.10 Å². The molecule has 1 atom stereocenters. The first kappa shape index (κ1) is 19.5. The van der Waals surface area contributed by atoms with E-state index in [0.29, 0.717) is 12.4 Å². The second-order valence-electron chi connectivity index (χ2n) is 7.03. The van der Waals surface area contributed by atoms with Crippen molar-refractivity contribution in [3.8, 4) is 5.75 Å². The summed E-state index contributed by atoms with van der Waals surface area (Å²) in [6.45, 7) is 13.2. The molecule has 0 amide bonds. The summed E-state index contributed by atoms with van der Waals surface area (Å²) in [7, 11) is 0. The van der Waals surface area contributed by atoms with Crippen LogP contribution in [-0.4, -0.2) is 17.8 Å². The molecule has 1 N–H and O–H groups in total. The number of benzene rings is 1. The van der Waals surface area contributed by atoms with E-state index in [9.17, 15) is 5.11 Å². The zero-order valence-corrected chi connectivity index (χ0v) is 16.2. The van der Waals surface area contributed by atoms with Crippen LogP contribution in [0.4, 0.5) is 0 Å². The van der Waals surface area contributed by atoms with Gasteiger partial charge in [0.2, 0.25) is 0 Å². The minimum atomic E-state index is 0.192. The van der Waals surface area contributed by atoms with Crippen molar-refractivity contribution in [2.75, 3.05) is 6.61 Å². The van der Waals surface area contributed by atoms with E-state index in [1.807, 2.05) is 13.8 Å². The van der Waals surface area contributed by atoms with Crippen LogP contribution < -0.4 is 0 Å². The van der Waals surface area contributed by atoms with Gasteiger partial charge in [0.15, 0.2) is 0 Å². The number of ether oxygens (including phenoxy) is 1. The van der Waals surface area contributed by atoms with Crippen LogP contribution in [0.25, 0.3) is 6.08 Å². The maximum absolute atomic E-state index is 9.94. The summed E-state index contributed by atoms with van der Waals surface area (Å²) in [5, 5.41) is 9.94. The minimum Gasteiger partial charge on any atom is -0.507 e. The van der Waals surface area contributed by atoms with E-state index < -0.39 is 0 Å². The summed E-state index contributed by atoms with van der Waals surface area (Å²) >= 11 is 0. The Morgan fingerprint density at radius 3 is 2.52 bits per heavy atom. The van der Waals surface area contributed by atoms with Crippen molar-refractivity contribution >= 4 is 6.08 Å². The molecule has 136 valence electrons. The highest BCUT2D eigenvalue weighted by Gasteiger charge is 2.21. The van der Waals surface area contributed by atoms with Crippen LogP contribution in [0.1, 0.15) is 62.6 Å². The fraction of sp³-hybridized carbons (Fsp3) is 0.478. The molecule has 0 radical (unpaired) electrons. The van der Waals surface area contributed by atoms with Crippen LogP contribution in [0.3, 0.4) is 0 Å². The second-order valence-corrected chi connectivity index (χ2v) is 7.03. The number of phenols is 1. The van der Waals surface area contributed by atoms with E-state index in [1.54, 1.807) is 0 Å². The molecule has 2 nitrogen and oxygen atoms in total. The molecular weight excluding hydrogens is 308 g/mol. The van der Waals surface area contributed by atoms with Crippen molar-refractivity contribution in [3.63, 3.8) is 0 Å². The fourth-order valence-electron chi connectivity index (χ4n) is 3.51. The monoisotopic (exact) mass is 340 g/mol. The number of hydrogen-bond donors (Lipinski definition) is 1. The van der Waals surface area contributed by atoms with E-state index in [1.165, 1.54) is 22.3 Å². The van der Waals surface area contributed by atoms with Crippen molar-refractivity contribution in [1.29, 1.82) is 0 Å². The first-order chi connectivity index (χ1) is 12.0. The van der Waals surface area contributed by atoms with Gasteiger partial charge in [-0.1, -0.05) is 44.6 Å². The summed E-state index contributed by atoms with van der Waals surface area (Å²) < 4.78 is 5.92. The average molecular weight is 341 g/mol. The third-order valence-corrected chi connectivity index (χ3v) is 4.97. The molecule has 0 aliphatic carbocycles. The van der Waals surface area contributed by atoms with Crippen LogP contribution in [0.15, 0.2) is 41.5 Å². The number of rotatable bonds is 8. The Morgan fingerprint density at radius 2 is 1.92 bits per heavy atom. The molecule has 0 saturated carbocycles. The van der Waals surface area contributed by atoms with E-state index in [0.717, 1.165) is 43.2 Å². The number of allylic oxidation sites excluding steroid dienone is 1. The lowest BCUT2D eigenvalue weighted by molar-refractivity contribution is 0.116. The number of hydrogen-bond acceptors (Lipinski definition) is 2. The van der Waals surface area contributed by atoms with Gasteiger partial charge >= 0.3 is 0 Å². The molecule has 0 spiro atoms. The van der Waals surface area contributed by atoms with Gasteiger partial charge in [0.1, 0.15) is 5.75 Å². The Bertz CT molecular complexity index is 656. The average Bonchev–Trinajstić information content (AvgIpc) is 3.05. The highest BCUT2D eigenvalue weighted by Crippen LogP contribution is 2.30. The summed E-state index contributed by atoms with van der Waals surface area (Å²) in [6, 6.07) is 4.11. The zero-order valence-electron chi connectivity index (χ0n) is 16.2. The van der Waals surface area contributed by atoms with Crippen LogP contribution >= 0.6 is 0 Å². The van der Waals surface area contributed by atoms with Gasteiger partial charge in [-0.15, -0.1) is 0 Å². The Labute approximate surface area is 152 Å². The molecule has 1 heterocycles. The molecular formula is C23H32O2. The molecule has 1 aromatic carbocycles. The second kappa shape index (κ2) is 9.05. The Kier molecular flexibility index (Phi) is 7.07. The first-order valence-corrected chi connectivity index (χ1v) is 9.45. The number of aromatic hydroxyl groups is 1. The maximum atomic E-state index is 9.94. The summed E-state index contributed by atoms with van der Waals surface area (Å²) in [5.41, 5.74) is 7.00. The molecule has 2 heteroatoms. The quantitative estimate of drug-likeness (QED) is 0.605. The van der Waals surface area contributed by atoms with Crippen LogP contribution in [0.2, 0.25) is 0 Å². The third kappa shape index (κ3) is 5.09. The topological polar surface area (TPSA) is 29.5 Å². The van der Waals surface area contributed by atoms with E-state index in [2.05, 4.69) is 44.7 Å². The van der Waals surface area contributed by atoms with Crippen molar-refractivity contribution in [1.82, 2.24) is 0 Å². The van der Waals surface area contributed by atoms with Gasteiger partial charge in [0.05, 0.1) is 12.7 Å². The molecule has 1 aromatic rings. The van der Waals surface area contributed by atoms with Crippen LogP contribution in [0.5, 0.6) is 5.75 Å². The van der Waals surface area contributed by atoms with Gasteiger partial charge < -0.3 is 9.84 Å². The standard InChI is InChI=1S/C23H32O2/c1-6-8-16(3)21-11-12-25-22(21)10-9-19(7-2)15-20-13-17(4)23(24)18(5)14-20/h11,13-15,22,24H,3,6-10,12H2,1-2,4-5H3/b19-15+. The molecule has 2 rings (SSSR count). The van der Waals surface area contributed by atoms with Crippen molar-refractivity contribution in [2.45, 2.75) is 65.9 Å². The Balaban J connectivity index is 2.05. The van der Waals surface area contributed by atoms with Gasteiger partial charge in [0, 0.05) is 0 Å². The largest absolute Gasteiger partial charge is 0.507 e. The molecule has 25 heavy (non-hydrogen) atoms. The number of aryl methyl sites for hydroxylation is 2. The highest BCUT2D eigenvalue weighted by molar-refractivity contribution is 5.58. The molecule has 0 fully saturated rings.